The molecule has 0 aliphatic rings. The zero-order chi connectivity index (χ0) is 14.8. The van der Waals surface area contributed by atoms with Gasteiger partial charge < -0.3 is 10.5 Å². The Labute approximate surface area is 120 Å². The standard InChI is InChI=1S/C12H9BrF3N3O/c13-8-4-2-1-3-7(8)10(12(14,15)16)20-9-5-6-18-11(17)19-9/h1-6,10H,(H2,17,18,19). The zero-order valence-corrected chi connectivity index (χ0v) is 11.5. The van der Waals surface area contributed by atoms with Gasteiger partial charge in [0.25, 0.3) is 0 Å². The summed E-state index contributed by atoms with van der Waals surface area (Å²) in [6, 6.07) is 7.16. The summed E-state index contributed by atoms with van der Waals surface area (Å²) >= 11 is 3.08. The van der Waals surface area contributed by atoms with Crippen LogP contribution >= 0.6 is 15.9 Å². The molecule has 0 fully saturated rings. The molecule has 1 aromatic carbocycles. The van der Waals surface area contributed by atoms with Crippen LogP contribution in [0.1, 0.15) is 11.7 Å². The van der Waals surface area contributed by atoms with Crippen LogP contribution in [0.2, 0.25) is 0 Å². The first kappa shape index (κ1) is 14.6. The maximum absolute atomic E-state index is 13.2. The molecule has 0 bridgehead atoms. The first-order chi connectivity index (χ1) is 9.38. The number of nitrogens with zero attached hydrogens (tertiary/aromatic N) is 2. The van der Waals surface area contributed by atoms with Crippen LogP contribution in [0.15, 0.2) is 41.0 Å². The number of anilines is 1. The number of ether oxygens (including phenoxy) is 1. The SMILES string of the molecule is Nc1nccc(OC(c2ccccc2Br)C(F)(F)F)n1. The van der Waals surface area contributed by atoms with Crippen LogP contribution < -0.4 is 10.5 Å². The monoisotopic (exact) mass is 347 g/mol. The summed E-state index contributed by atoms with van der Waals surface area (Å²) in [7, 11) is 0. The summed E-state index contributed by atoms with van der Waals surface area (Å²) in [4.78, 5) is 7.21. The molecule has 2 rings (SSSR count). The number of nitrogens with two attached hydrogens (primary N) is 1. The topological polar surface area (TPSA) is 61.0 Å². The highest BCUT2D eigenvalue weighted by molar-refractivity contribution is 9.10. The molecule has 20 heavy (non-hydrogen) atoms. The lowest BCUT2D eigenvalue weighted by Gasteiger charge is -2.22. The van der Waals surface area contributed by atoms with E-state index < -0.39 is 12.3 Å². The van der Waals surface area contributed by atoms with Crippen LogP contribution in [-0.2, 0) is 0 Å². The average molecular weight is 348 g/mol. The maximum atomic E-state index is 13.2. The van der Waals surface area contributed by atoms with Crippen LogP contribution in [0.4, 0.5) is 19.1 Å². The molecule has 0 amide bonds. The van der Waals surface area contributed by atoms with Gasteiger partial charge in [0.1, 0.15) is 0 Å². The lowest BCUT2D eigenvalue weighted by Crippen LogP contribution is -2.26. The van der Waals surface area contributed by atoms with Gasteiger partial charge in [0.05, 0.1) is 0 Å². The molecule has 0 spiro atoms. The van der Waals surface area contributed by atoms with Gasteiger partial charge in [-0.2, -0.15) is 18.2 Å². The molecule has 2 N–H and O–H groups in total. The molecule has 106 valence electrons. The summed E-state index contributed by atoms with van der Waals surface area (Å²) in [6.45, 7) is 0. The molecule has 0 aliphatic heterocycles. The van der Waals surface area contributed by atoms with E-state index in [4.69, 9.17) is 10.5 Å². The number of alkyl halides is 3. The number of nitrogen functional groups attached to an aromatic ring is 1. The quantitative estimate of drug-likeness (QED) is 0.922. The second-order valence-corrected chi connectivity index (χ2v) is 4.67. The van der Waals surface area contributed by atoms with Gasteiger partial charge in [-0.3, -0.25) is 0 Å². The molecule has 4 nitrogen and oxygen atoms in total. The number of benzene rings is 1. The number of aromatic nitrogens is 2. The molecule has 1 atom stereocenters. The van der Waals surface area contributed by atoms with Crippen LogP contribution in [-0.4, -0.2) is 16.1 Å². The van der Waals surface area contributed by atoms with Gasteiger partial charge in [0, 0.05) is 22.3 Å². The van der Waals surface area contributed by atoms with E-state index in [1.165, 1.54) is 30.5 Å². The fourth-order valence-corrected chi connectivity index (χ4v) is 2.03. The van der Waals surface area contributed by atoms with Crippen LogP contribution in [0.3, 0.4) is 0 Å². The Morgan fingerprint density at radius 2 is 1.90 bits per heavy atom. The minimum atomic E-state index is -4.59. The van der Waals surface area contributed by atoms with Gasteiger partial charge in [0.15, 0.2) is 0 Å². The molecule has 0 aliphatic carbocycles. The highest BCUT2D eigenvalue weighted by Gasteiger charge is 2.44. The summed E-state index contributed by atoms with van der Waals surface area (Å²) < 4.78 is 44.7. The molecule has 1 heterocycles. The van der Waals surface area contributed by atoms with Crippen molar-refractivity contribution in [2.45, 2.75) is 12.3 Å². The van der Waals surface area contributed by atoms with Crippen molar-refractivity contribution in [3.8, 4) is 5.88 Å². The molecule has 2 aromatic rings. The van der Waals surface area contributed by atoms with Crippen LogP contribution in [0, 0.1) is 0 Å². The normalized spacial score (nSPS) is 13.0. The van der Waals surface area contributed by atoms with Crippen molar-refractivity contribution < 1.29 is 17.9 Å². The van der Waals surface area contributed by atoms with Gasteiger partial charge in [-0.25, -0.2) is 4.98 Å². The van der Waals surface area contributed by atoms with Gasteiger partial charge in [0.2, 0.25) is 17.9 Å². The molecular weight excluding hydrogens is 339 g/mol. The Kier molecular flexibility index (Phi) is 4.12. The first-order valence-electron chi connectivity index (χ1n) is 5.44. The lowest BCUT2D eigenvalue weighted by atomic mass is 10.1. The summed E-state index contributed by atoms with van der Waals surface area (Å²) in [5, 5.41) is 0. The number of hydrogen-bond acceptors (Lipinski definition) is 4. The third kappa shape index (κ3) is 3.38. The van der Waals surface area contributed by atoms with Gasteiger partial charge in [-0.1, -0.05) is 34.1 Å². The summed E-state index contributed by atoms with van der Waals surface area (Å²) in [6.07, 6.45) is -5.51. The zero-order valence-electron chi connectivity index (χ0n) is 9.93. The van der Waals surface area contributed by atoms with Crippen molar-refractivity contribution in [2.24, 2.45) is 0 Å². The van der Waals surface area contributed by atoms with Crippen molar-refractivity contribution in [3.63, 3.8) is 0 Å². The second-order valence-electron chi connectivity index (χ2n) is 3.81. The summed E-state index contributed by atoms with van der Waals surface area (Å²) in [5.41, 5.74) is 5.27. The first-order valence-corrected chi connectivity index (χ1v) is 6.23. The van der Waals surface area contributed by atoms with Gasteiger partial charge in [-0.15, -0.1) is 0 Å². The molecular formula is C12H9BrF3N3O. The van der Waals surface area contributed by atoms with Crippen molar-refractivity contribution in [1.29, 1.82) is 0 Å². The molecule has 1 aromatic heterocycles. The van der Waals surface area contributed by atoms with Crippen molar-refractivity contribution in [2.75, 3.05) is 5.73 Å². The highest BCUT2D eigenvalue weighted by atomic mass is 79.9. The van der Waals surface area contributed by atoms with Gasteiger partial charge >= 0.3 is 6.18 Å². The fraction of sp³-hybridized carbons (Fsp3) is 0.167. The van der Waals surface area contributed by atoms with Crippen molar-refractivity contribution >= 4 is 21.9 Å². The third-order valence-electron chi connectivity index (χ3n) is 2.37. The van der Waals surface area contributed by atoms with E-state index in [-0.39, 0.29) is 17.4 Å². The van der Waals surface area contributed by atoms with Crippen molar-refractivity contribution in [3.05, 3.63) is 46.6 Å². The highest BCUT2D eigenvalue weighted by Crippen LogP contribution is 2.39. The Balaban J connectivity index is 2.37. The predicted molar refractivity (Wildman–Crippen MR) is 70.0 cm³/mol. The largest absolute Gasteiger partial charge is 0.460 e. The molecule has 0 saturated carbocycles. The number of halogens is 4. The van der Waals surface area contributed by atoms with Crippen LogP contribution in [0.5, 0.6) is 5.88 Å². The second kappa shape index (κ2) is 5.66. The average Bonchev–Trinajstić information content (AvgIpc) is 2.36. The van der Waals surface area contributed by atoms with Crippen molar-refractivity contribution in [1.82, 2.24) is 9.97 Å². The number of rotatable bonds is 3. The molecule has 8 heteroatoms. The minimum Gasteiger partial charge on any atom is -0.460 e. The van der Waals surface area contributed by atoms with E-state index in [1.807, 2.05) is 0 Å². The summed E-state index contributed by atoms with van der Waals surface area (Å²) in [5.74, 6) is -0.397. The maximum Gasteiger partial charge on any atom is 0.429 e. The Bertz CT molecular complexity index is 606. The molecule has 1 unspecified atom stereocenters. The third-order valence-corrected chi connectivity index (χ3v) is 3.09. The minimum absolute atomic E-state index is 0.0443. The van der Waals surface area contributed by atoms with E-state index >= 15 is 0 Å². The number of hydrogen-bond donors (Lipinski definition) is 1. The Morgan fingerprint density at radius 3 is 2.50 bits per heavy atom. The molecule has 0 saturated heterocycles. The predicted octanol–water partition coefficient (Wildman–Crippen LogP) is 3.50. The molecule has 0 radical (unpaired) electrons. The smallest absolute Gasteiger partial charge is 0.429 e. The van der Waals surface area contributed by atoms with E-state index in [9.17, 15) is 13.2 Å². The Hall–Kier alpha value is -1.83. The lowest BCUT2D eigenvalue weighted by molar-refractivity contribution is -0.198. The van der Waals surface area contributed by atoms with E-state index in [0.29, 0.717) is 4.47 Å². The van der Waals surface area contributed by atoms with E-state index in [2.05, 4.69) is 25.9 Å². The van der Waals surface area contributed by atoms with E-state index in [0.717, 1.165) is 0 Å². The fourth-order valence-electron chi connectivity index (χ4n) is 1.54. The van der Waals surface area contributed by atoms with Gasteiger partial charge in [-0.05, 0) is 6.07 Å². The van der Waals surface area contributed by atoms with Crippen LogP contribution in [0.25, 0.3) is 0 Å². The van der Waals surface area contributed by atoms with E-state index in [1.54, 1.807) is 6.07 Å². The Morgan fingerprint density at radius 1 is 1.20 bits per heavy atom.